The fourth-order valence-corrected chi connectivity index (χ4v) is 4.43. The van der Waals surface area contributed by atoms with Gasteiger partial charge in [-0.2, -0.15) is 0 Å². The molecule has 0 atom stereocenters. The normalized spacial score (nSPS) is 11.0. The number of nitrogens with one attached hydrogen (secondary N) is 2. The highest BCUT2D eigenvalue weighted by atomic mass is 32.2. The van der Waals surface area contributed by atoms with Crippen LogP contribution < -0.4 is 15.4 Å². The van der Waals surface area contributed by atoms with Crippen LogP contribution in [0.2, 0.25) is 0 Å². The lowest BCUT2D eigenvalue weighted by molar-refractivity contribution is -0.113. The minimum absolute atomic E-state index is 0.317. The van der Waals surface area contributed by atoms with E-state index < -0.39 is 21.5 Å². The van der Waals surface area contributed by atoms with Gasteiger partial charge in [0.05, 0.1) is 12.9 Å². The molecule has 7 nitrogen and oxygen atoms in total. The molecule has 0 aromatic heterocycles. The van der Waals surface area contributed by atoms with E-state index in [0.29, 0.717) is 23.4 Å². The van der Waals surface area contributed by atoms with Gasteiger partial charge in [0.15, 0.2) is 9.84 Å². The zero-order valence-electron chi connectivity index (χ0n) is 18.5. The van der Waals surface area contributed by atoms with Crippen molar-refractivity contribution >= 4 is 27.3 Å². The second-order valence-electron chi connectivity index (χ2n) is 7.68. The molecule has 0 saturated heterocycles. The van der Waals surface area contributed by atoms with E-state index in [4.69, 9.17) is 4.74 Å². The average molecular weight is 467 g/mol. The zero-order valence-corrected chi connectivity index (χ0v) is 19.3. The lowest BCUT2D eigenvalue weighted by Gasteiger charge is -2.09. The standard InChI is InChI=1S/C25H26N2O5S/c1-18-6-10-22(11-7-18)27-24(28)17-33(30,31)16-20-4-3-5-21(14-20)25(29)26-15-19-8-12-23(32-2)13-9-19/h3-14H,15-17H2,1-2H3,(H,26,29)(H,27,28). The molecule has 3 aromatic carbocycles. The molecule has 0 fully saturated rings. The molecule has 3 aromatic rings. The molecular formula is C25H26N2O5S. The lowest BCUT2D eigenvalue weighted by atomic mass is 10.1. The predicted octanol–water partition coefficient (Wildman–Crippen LogP) is 3.49. The summed E-state index contributed by atoms with van der Waals surface area (Å²) in [7, 11) is -2.14. The van der Waals surface area contributed by atoms with Gasteiger partial charge in [0.2, 0.25) is 5.91 Å². The molecule has 33 heavy (non-hydrogen) atoms. The van der Waals surface area contributed by atoms with Crippen LogP contribution in [0.1, 0.15) is 27.0 Å². The minimum Gasteiger partial charge on any atom is -0.497 e. The molecule has 3 rings (SSSR count). The molecule has 0 bridgehead atoms. The van der Waals surface area contributed by atoms with Crippen molar-refractivity contribution in [3.63, 3.8) is 0 Å². The number of carbonyl (C=O) groups excluding carboxylic acids is 2. The monoisotopic (exact) mass is 466 g/mol. The van der Waals surface area contributed by atoms with E-state index >= 15 is 0 Å². The van der Waals surface area contributed by atoms with Gasteiger partial charge in [0.25, 0.3) is 5.91 Å². The molecule has 8 heteroatoms. The Morgan fingerprint density at radius 2 is 1.61 bits per heavy atom. The van der Waals surface area contributed by atoms with Crippen LogP contribution in [0.4, 0.5) is 5.69 Å². The molecule has 0 radical (unpaired) electrons. The Labute approximate surface area is 193 Å². The van der Waals surface area contributed by atoms with E-state index in [9.17, 15) is 18.0 Å². The second kappa shape index (κ2) is 10.8. The van der Waals surface area contributed by atoms with Crippen molar-refractivity contribution in [2.45, 2.75) is 19.2 Å². The van der Waals surface area contributed by atoms with Gasteiger partial charge in [-0.05, 0) is 54.4 Å². The summed E-state index contributed by atoms with van der Waals surface area (Å²) in [6.07, 6.45) is 0. The first-order chi connectivity index (χ1) is 15.7. The maximum atomic E-state index is 12.5. The van der Waals surface area contributed by atoms with E-state index in [-0.39, 0.29) is 11.7 Å². The summed E-state index contributed by atoms with van der Waals surface area (Å²) in [5.41, 5.74) is 3.27. The highest BCUT2D eigenvalue weighted by Crippen LogP contribution is 2.14. The number of methoxy groups -OCH3 is 1. The Bertz CT molecular complexity index is 1220. The van der Waals surface area contributed by atoms with E-state index in [1.54, 1.807) is 37.4 Å². The summed E-state index contributed by atoms with van der Waals surface area (Å²) in [4.78, 5) is 24.7. The summed E-state index contributed by atoms with van der Waals surface area (Å²) >= 11 is 0. The van der Waals surface area contributed by atoms with Crippen molar-refractivity contribution in [1.29, 1.82) is 0 Å². The Balaban J connectivity index is 1.57. The van der Waals surface area contributed by atoms with Crippen LogP contribution in [0.5, 0.6) is 5.75 Å². The Hall–Kier alpha value is -3.65. The van der Waals surface area contributed by atoms with Gasteiger partial charge in [-0.1, -0.05) is 42.0 Å². The van der Waals surface area contributed by atoms with E-state index in [0.717, 1.165) is 16.9 Å². The number of carbonyl (C=O) groups is 2. The average Bonchev–Trinajstić information content (AvgIpc) is 2.78. The number of amides is 2. The lowest BCUT2D eigenvalue weighted by Crippen LogP contribution is -2.24. The molecule has 2 N–H and O–H groups in total. The molecule has 172 valence electrons. The van der Waals surface area contributed by atoms with Crippen LogP contribution in [0.25, 0.3) is 0 Å². The third-order valence-electron chi connectivity index (χ3n) is 4.87. The van der Waals surface area contributed by atoms with E-state index in [2.05, 4.69) is 10.6 Å². The molecule has 0 aliphatic heterocycles. The fourth-order valence-electron chi connectivity index (χ4n) is 3.17. The fraction of sp³-hybridized carbons (Fsp3) is 0.200. The van der Waals surface area contributed by atoms with E-state index in [1.165, 1.54) is 6.07 Å². The van der Waals surface area contributed by atoms with Crippen molar-refractivity contribution < 1.29 is 22.7 Å². The SMILES string of the molecule is COc1ccc(CNC(=O)c2cccc(CS(=O)(=O)CC(=O)Nc3ccc(C)cc3)c2)cc1. The number of hydrogen-bond acceptors (Lipinski definition) is 5. The van der Waals surface area contributed by atoms with Crippen LogP contribution in [-0.2, 0) is 26.9 Å². The number of ether oxygens (including phenoxy) is 1. The topological polar surface area (TPSA) is 102 Å². The van der Waals surface area contributed by atoms with Crippen LogP contribution >= 0.6 is 0 Å². The maximum Gasteiger partial charge on any atom is 0.251 e. The quantitative estimate of drug-likeness (QED) is 0.503. The zero-order chi connectivity index (χ0) is 23.8. The summed E-state index contributed by atoms with van der Waals surface area (Å²) in [6, 6.07) is 20.8. The smallest absolute Gasteiger partial charge is 0.251 e. The number of rotatable bonds is 9. The molecule has 0 saturated carbocycles. The van der Waals surface area contributed by atoms with Crippen molar-refractivity contribution in [3.05, 3.63) is 95.1 Å². The van der Waals surface area contributed by atoms with Crippen LogP contribution in [0.15, 0.2) is 72.8 Å². The van der Waals surface area contributed by atoms with Gasteiger partial charge in [-0.15, -0.1) is 0 Å². The second-order valence-corrected chi connectivity index (χ2v) is 9.74. The molecule has 0 aliphatic carbocycles. The van der Waals surface area contributed by atoms with Crippen LogP contribution in [-0.4, -0.2) is 33.1 Å². The third-order valence-corrected chi connectivity index (χ3v) is 6.35. The Morgan fingerprint density at radius 3 is 2.27 bits per heavy atom. The van der Waals surface area contributed by atoms with Crippen molar-refractivity contribution in [1.82, 2.24) is 5.32 Å². The highest BCUT2D eigenvalue weighted by molar-refractivity contribution is 7.91. The minimum atomic E-state index is -3.72. The third kappa shape index (κ3) is 7.47. The summed E-state index contributed by atoms with van der Waals surface area (Å²) < 4.78 is 30.2. The van der Waals surface area contributed by atoms with Crippen molar-refractivity contribution in [3.8, 4) is 5.75 Å². The summed E-state index contributed by atoms with van der Waals surface area (Å²) in [5.74, 6) is -1.18. The van der Waals surface area contributed by atoms with Crippen molar-refractivity contribution in [2.75, 3.05) is 18.2 Å². The summed E-state index contributed by atoms with van der Waals surface area (Å²) in [5, 5.41) is 5.40. The van der Waals surface area contributed by atoms with Crippen molar-refractivity contribution in [2.24, 2.45) is 0 Å². The molecular weight excluding hydrogens is 440 g/mol. The van der Waals surface area contributed by atoms with Gasteiger partial charge in [-0.25, -0.2) is 8.42 Å². The molecule has 0 heterocycles. The predicted molar refractivity (Wildman–Crippen MR) is 128 cm³/mol. The molecule has 0 spiro atoms. The van der Waals surface area contributed by atoms with Gasteiger partial charge >= 0.3 is 0 Å². The molecule has 2 amide bonds. The Kier molecular flexibility index (Phi) is 7.84. The van der Waals surface area contributed by atoms with Crippen LogP contribution in [0, 0.1) is 6.92 Å². The number of hydrogen-bond donors (Lipinski definition) is 2. The first-order valence-electron chi connectivity index (χ1n) is 10.3. The number of benzene rings is 3. The molecule has 0 unspecified atom stereocenters. The Morgan fingerprint density at radius 1 is 0.909 bits per heavy atom. The van der Waals surface area contributed by atoms with Gasteiger partial charge in [0.1, 0.15) is 11.5 Å². The number of sulfone groups is 1. The molecule has 0 aliphatic rings. The summed E-state index contributed by atoms with van der Waals surface area (Å²) in [6.45, 7) is 2.24. The first-order valence-corrected chi connectivity index (χ1v) is 12.1. The first kappa shape index (κ1) is 24.0. The number of aryl methyl sites for hydroxylation is 1. The largest absolute Gasteiger partial charge is 0.497 e. The van der Waals surface area contributed by atoms with Gasteiger partial charge in [0, 0.05) is 17.8 Å². The maximum absolute atomic E-state index is 12.5. The van der Waals surface area contributed by atoms with Gasteiger partial charge in [-0.3, -0.25) is 9.59 Å². The highest BCUT2D eigenvalue weighted by Gasteiger charge is 2.18. The number of anilines is 1. The van der Waals surface area contributed by atoms with Gasteiger partial charge < -0.3 is 15.4 Å². The van der Waals surface area contributed by atoms with E-state index in [1.807, 2.05) is 43.3 Å². The van der Waals surface area contributed by atoms with Crippen LogP contribution in [0.3, 0.4) is 0 Å².